The van der Waals surface area contributed by atoms with Gasteiger partial charge >= 0.3 is 5.97 Å². The van der Waals surface area contributed by atoms with Gasteiger partial charge in [-0.15, -0.1) is 0 Å². The van der Waals surface area contributed by atoms with E-state index in [0.29, 0.717) is 12.5 Å². The molecule has 10 heavy (non-hydrogen) atoms. The minimum absolute atomic E-state index is 0.0487. The van der Waals surface area contributed by atoms with Gasteiger partial charge in [-0.1, -0.05) is 15.9 Å². The molecule has 0 aliphatic heterocycles. The van der Waals surface area contributed by atoms with Gasteiger partial charge in [0.25, 0.3) is 0 Å². The van der Waals surface area contributed by atoms with E-state index in [1.165, 1.54) is 0 Å². The Morgan fingerprint density at radius 2 is 2.40 bits per heavy atom. The Balaban J connectivity index is 2.24. The maximum absolute atomic E-state index is 11.0. The van der Waals surface area contributed by atoms with Gasteiger partial charge in [-0.2, -0.15) is 0 Å². The van der Waals surface area contributed by atoms with Crippen LogP contribution in [0, 0.1) is 5.92 Å². The molecule has 1 fully saturated rings. The SMILES string of the molecule is CCOC(=O)[C@@H](Br)C1CC1. The van der Waals surface area contributed by atoms with Crippen molar-refractivity contribution in [1.29, 1.82) is 0 Å². The molecule has 0 aromatic carbocycles. The molecule has 58 valence electrons. The van der Waals surface area contributed by atoms with E-state index < -0.39 is 0 Å². The maximum atomic E-state index is 11.0. The van der Waals surface area contributed by atoms with Gasteiger partial charge in [-0.3, -0.25) is 4.79 Å². The lowest BCUT2D eigenvalue weighted by Crippen LogP contribution is -2.18. The largest absolute Gasteiger partial charge is 0.465 e. The number of alkyl halides is 1. The Morgan fingerprint density at radius 1 is 1.80 bits per heavy atom. The van der Waals surface area contributed by atoms with Gasteiger partial charge in [0, 0.05) is 0 Å². The number of hydrogen-bond acceptors (Lipinski definition) is 2. The van der Waals surface area contributed by atoms with Crippen molar-refractivity contribution < 1.29 is 9.53 Å². The Kier molecular flexibility index (Phi) is 2.72. The zero-order chi connectivity index (χ0) is 7.56. The molecule has 3 heteroatoms. The number of esters is 1. The summed E-state index contributed by atoms with van der Waals surface area (Å²) in [6.07, 6.45) is 2.32. The van der Waals surface area contributed by atoms with Crippen molar-refractivity contribution in [3.63, 3.8) is 0 Å². The predicted molar refractivity (Wildman–Crippen MR) is 42.1 cm³/mol. The van der Waals surface area contributed by atoms with Gasteiger partial charge in [0.2, 0.25) is 0 Å². The van der Waals surface area contributed by atoms with Crippen molar-refractivity contribution in [3.8, 4) is 0 Å². The van der Waals surface area contributed by atoms with Gasteiger partial charge in [-0.25, -0.2) is 0 Å². The summed E-state index contributed by atoms with van der Waals surface area (Å²) in [4.78, 5) is 10.9. The highest BCUT2D eigenvalue weighted by molar-refractivity contribution is 9.10. The third kappa shape index (κ3) is 1.97. The van der Waals surface area contributed by atoms with Crippen LogP contribution >= 0.6 is 15.9 Å². The van der Waals surface area contributed by atoms with Crippen molar-refractivity contribution in [2.45, 2.75) is 24.6 Å². The molecule has 1 atom stereocenters. The molecule has 1 rings (SSSR count). The lowest BCUT2D eigenvalue weighted by molar-refractivity contribution is -0.142. The summed E-state index contributed by atoms with van der Waals surface area (Å²) in [5, 5.41) is 0. The number of ether oxygens (including phenoxy) is 1. The highest BCUT2D eigenvalue weighted by Gasteiger charge is 2.34. The molecule has 1 aliphatic rings. The molecule has 0 N–H and O–H groups in total. The maximum Gasteiger partial charge on any atom is 0.319 e. The summed E-state index contributed by atoms with van der Waals surface area (Å²) in [7, 11) is 0. The molecule has 0 radical (unpaired) electrons. The smallest absolute Gasteiger partial charge is 0.319 e. The van der Waals surface area contributed by atoms with Crippen molar-refractivity contribution in [1.82, 2.24) is 0 Å². The Morgan fingerprint density at radius 3 is 2.80 bits per heavy atom. The summed E-state index contributed by atoms with van der Waals surface area (Å²) in [5.74, 6) is 0.434. The molecule has 2 nitrogen and oxygen atoms in total. The van der Waals surface area contributed by atoms with Crippen molar-refractivity contribution in [2.24, 2.45) is 5.92 Å². The van der Waals surface area contributed by atoms with Crippen LogP contribution in [-0.4, -0.2) is 17.4 Å². The zero-order valence-corrected chi connectivity index (χ0v) is 7.56. The molecule has 0 spiro atoms. The average Bonchev–Trinajstić information content (AvgIpc) is 2.68. The first-order chi connectivity index (χ1) is 4.75. The molecule has 1 aliphatic carbocycles. The van der Waals surface area contributed by atoms with E-state index in [0.717, 1.165) is 12.8 Å². The molecule has 0 saturated heterocycles. The number of carbonyl (C=O) groups excluding carboxylic acids is 1. The standard InChI is InChI=1S/C7H11BrO2/c1-2-10-7(9)6(8)5-3-4-5/h5-6H,2-4H2,1H3/t6-/m0/s1. The van der Waals surface area contributed by atoms with E-state index in [1.54, 1.807) is 0 Å². The predicted octanol–water partition coefficient (Wildman–Crippen LogP) is 1.72. The molecular weight excluding hydrogens is 196 g/mol. The number of rotatable bonds is 3. The van der Waals surface area contributed by atoms with Crippen molar-refractivity contribution in [3.05, 3.63) is 0 Å². The van der Waals surface area contributed by atoms with Gasteiger partial charge in [0.15, 0.2) is 0 Å². The van der Waals surface area contributed by atoms with E-state index in [1.807, 2.05) is 6.92 Å². The number of hydrogen-bond donors (Lipinski definition) is 0. The molecular formula is C7H11BrO2. The van der Waals surface area contributed by atoms with Crippen molar-refractivity contribution in [2.75, 3.05) is 6.61 Å². The molecule has 0 heterocycles. The monoisotopic (exact) mass is 206 g/mol. The topological polar surface area (TPSA) is 26.3 Å². The van der Waals surface area contributed by atoms with Gasteiger partial charge < -0.3 is 4.74 Å². The first-order valence-electron chi connectivity index (χ1n) is 3.56. The third-order valence-corrected chi connectivity index (χ3v) is 2.67. The van der Waals surface area contributed by atoms with Crippen LogP contribution in [0.2, 0.25) is 0 Å². The van der Waals surface area contributed by atoms with Crippen LogP contribution in [0.1, 0.15) is 19.8 Å². The number of halogens is 1. The third-order valence-electron chi connectivity index (χ3n) is 1.55. The quantitative estimate of drug-likeness (QED) is 0.520. The minimum Gasteiger partial charge on any atom is -0.465 e. The first-order valence-corrected chi connectivity index (χ1v) is 4.48. The van der Waals surface area contributed by atoms with Crippen LogP contribution < -0.4 is 0 Å². The molecule has 0 aromatic rings. The lowest BCUT2D eigenvalue weighted by Gasteiger charge is -2.05. The molecule has 1 saturated carbocycles. The van der Waals surface area contributed by atoms with E-state index in [2.05, 4.69) is 15.9 Å². The molecule has 0 aromatic heterocycles. The van der Waals surface area contributed by atoms with E-state index >= 15 is 0 Å². The Hall–Kier alpha value is -0.0500. The lowest BCUT2D eigenvalue weighted by atomic mass is 10.3. The fourth-order valence-corrected chi connectivity index (χ4v) is 1.46. The van der Waals surface area contributed by atoms with Crippen LogP contribution in [0.25, 0.3) is 0 Å². The van der Waals surface area contributed by atoms with E-state index in [9.17, 15) is 4.79 Å². The normalized spacial score (nSPS) is 20.2. The molecule has 0 amide bonds. The van der Waals surface area contributed by atoms with Gasteiger partial charge in [-0.05, 0) is 25.7 Å². The molecule has 0 bridgehead atoms. The Labute approximate surface area is 69.1 Å². The highest BCUT2D eigenvalue weighted by Crippen LogP contribution is 2.37. The second kappa shape index (κ2) is 3.37. The van der Waals surface area contributed by atoms with Gasteiger partial charge in [0.1, 0.15) is 4.83 Å². The van der Waals surface area contributed by atoms with E-state index in [-0.39, 0.29) is 10.8 Å². The van der Waals surface area contributed by atoms with Crippen LogP contribution in [0.15, 0.2) is 0 Å². The zero-order valence-electron chi connectivity index (χ0n) is 5.97. The van der Waals surface area contributed by atoms with Crippen LogP contribution in [-0.2, 0) is 9.53 Å². The van der Waals surface area contributed by atoms with Crippen LogP contribution in [0.4, 0.5) is 0 Å². The fraction of sp³-hybridized carbons (Fsp3) is 0.857. The second-order valence-electron chi connectivity index (χ2n) is 2.49. The van der Waals surface area contributed by atoms with Gasteiger partial charge in [0.05, 0.1) is 6.61 Å². The highest BCUT2D eigenvalue weighted by atomic mass is 79.9. The fourth-order valence-electron chi connectivity index (χ4n) is 0.803. The minimum atomic E-state index is -0.106. The first kappa shape index (κ1) is 8.05. The van der Waals surface area contributed by atoms with E-state index in [4.69, 9.17) is 4.74 Å². The van der Waals surface area contributed by atoms with Crippen LogP contribution in [0.5, 0.6) is 0 Å². The number of carbonyl (C=O) groups is 1. The summed E-state index contributed by atoms with van der Waals surface area (Å²) >= 11 is 3.30. The summed E-state index contributed by atoms with van der Waals surface area (Å²) in [6, 6.07) is 0. The average molecular weight is 207 g/mol. The Bertz CT molecular complexity index is 132. The van der Waals surface area contributed by atoms with Crippen molar-refractivity contribution >= 4 is 21.9 Å². The van der Waals surface area contributed by atoms with Crippen LogP contribution in [0.3, 0.4) is 0 Å². The molecule has 0 unspecified atom stereocenters. The summed E-state index contributed by atoms with van der Waals surface area (Å²) < 4.78 is 4.82. The summed E-state index contributed by atoms with van der Waals surface area (Å²) in [5.41, 5.74) is 0. The second-order valence-corrected chi connectivity index (χ2v) is 3.48. The summed E-state index contributed by atoms with van der Waals surface area (Å²) in [6.45, 7) is 2.30.